The number of rotatable bonds is 1. The van der Waals surface area contributed by atoms with E-state index in [4.69, 9.17) is 11.6 Å². The van der Waals surface area contributed by atoms with E-state index >= 15 is 0 Å². The van der Waals surface area contributed by atoms with Crippen molar-refractivity contribution in [2.24, 2.45) is 0 Å². The summed E-state index contributed by atoms with van der Waals surface area (Å²) < 4.78 is 38.4. The summed E-state index contributed by atoms with van der Waals surface area (Å²) in [6.45, 7) is 0. The third-order valence-electron chi connectivity index (χ3n) is 3.30. The van der Waals surface area contributed by atoms with Crippen LogP contribution < -0.4 is 0 Å². The molecule has 3 nitrogen and oxygen atoms in total. The molecular weight excluding hydrogens is 319 g/mol. The third-order valence-corrected chi connectivity index (χ3v) is 3.54. The van der Waals surface area contributed by atoms with E-state index < -0.39 is 17.5 Å². The van der Waals surface area contributed by atoms with Crippen molar-refractivity contribution >= 4 is 28.8 Å². The van der Waals surface area contributed by atoms with Crippen molar-refractivity contribution < 1.29 is 22.7 Å². The summed E-state index contributed by atoms with van der Waals surface area (Å²) in [4.78, 5) is 12.3. The molecule has 22 heavy (non-hydrogen) atoms. The van der Waals surface area contributed by atoms with E-state index in [2.05, 4.69) is 0 Å². The number of Topliss-reactive ketones (excluding diaryl/α,β-unsaturated/α-hetero) is 1. The summed E-state index contributed by atoms with van der Waals surface area (Å²) in [5, 5.41) is 12.6. The maximum absolute atomic E-state index is 12.7. The lowest BCUT2D eigenvalue weighted by molar-refractivity contribution is -0.355. The highest BCUT2D eigenvalue weighted by atomic mass is 35.5. The predicted octanol–water partition coefficient (Wildman–Crippen LogP) is 4.19. The average molecular weight is 326 g/mol. The second-order valence-corrected chi connectivity index (χ2v) is 5.15. The van der Waals surface area contributed by atoms with Gasteiger partial charge < -0.3 is 5.21 Å². The third kappa shape index (κ3) is 2.25. The molecule has 1 aliphatic heterocycles. The Hall–Kier alpha value is -2.34. The number of hydrogen-bond donors (Lipinski definition) is 0. The van der Waals surface area contributed by atoms with Crippen LogP contribution in [0.2, 0.25) is 5.02 Å². The molecule has 1 aliphatic rings. The summed E-state index contributed by atoms with van der Waals surface area (Å²) in [6.07, 6.45) is -4.59. The maximum atomic E-state index is 12.7. The zero-order valence-electron chi connectivity index (χ0n) is 10.8. The molecule has 0 aromatic heterocycles. The molecular formula is C15H7ClF3NO2. The molecule has 0 N–H and O–H groups in total. The van der Waals surface area contributed by atoms with Crippen LogP contribution in [0.1, 0.15) is 21.5 Å². The minimum atomic E-state index is -4.59. The lowest BCUT2D eigenvalue weighted by Gasteiger charge is -2.07. The van der Waals surface area contributed by atoms with Crippen molar-refractivity contribution in [3.05, 3.63) is 69.4 Å². The summed E-state index contributed by atoms with van der Waals surface area (Å²) in [7, 11) is 0. The van der Waals surface area contributed by atoms with Gasteiger partial charge in [-0.15, -0.1) is 0 Å². The standard InChI is InChI=1S/C15H7ClF3NO2/c16-10-3-1-2-8(6-10)13-14(21)11-5-4-9(15(17,18)19)7-12(11)20(13)22/h1-7H. The predicted molar refractivity (Wildman–Crippen MR) is 74.6 cm³/mol. The molecule has 3 rings (SSSR count). The highest BCUT2D eigenvalue weighted by Gasteiger charge is 2.40. The van der Waals surface area contributed by atoms with Gasteiger partial charge in [0.05, 0.1) is 11.1 Å². The van der Waals surface area contributed by atoms with Gasteiger partial charge in [0, 0.05) is 11.1 Å². The number of fused-ring (bicyclic) bond motifs is 1. The molecule has 0 unspecified atom stereocenters. The van der Waals surface area contributed by atoms with Crippen LogP contribution in [0.4, 0.5) is 18.9 Å². The van der Waals surface area contributed by atoms with Gasteiger partial charge in [0.2, 0.25) is 5.69 Å². The summed E-state index contributed by atoms with van der Waals surface area (Å²) >= 11 is 5.82. The van der Waals surface area contributed by atoms with Gasteiger partial charge >= 0.3 is 6.18 Å². The molecule has 2 aromatic carbocycles. The molecule has 0 radical (unpaired) electrons. The van der Waals surface area contributed by atoms with Gasteiger partial charge in [-0.1, -0.05) is 17.7 Å². The molecule has 0 amide bonds. The Kier molecular flexibility index (Phi) is 3.21. The smallest absolute Gasteiger partial charge is 0.416 e. The number of carbonyl (C=O) groups is 1. The van der Waals surface area contributed by atoms with Crippen molar-refractivity contribution in [3.63, 3.8) is 0 Å². The molecule has 0 spiro atoms. The number of ketones is 1. The number of hydrogen-bond acceptors (Lipinski definition) is 2. The summed E-state index contributed by atoms with van der Waals surface area (Å²) in [6, 6.07) is 8.51. The molecule has 0 fully saturated rings. The second kappa shape index (κ2) is 4.84. The highest BCUT2D eigenvalue weighted by Crippen LogP contribution is 2.36. The van der Waals surface area contributed by atoms with Crippen molar-refractivity contribution in [1.29, 1.82) is 0 Å². The van der Waals surface area contributed by atoms with Gasteiger partial charge in [-0.2, -0.15) is 17.9 Å². The SMILES string of the molecule is O=C1C(c2cccc(Cl)c2)=[N+]([O-])c2cc(C(F)(F)F)ccc21. The van der Waals surface area contributed by atoms with E-state index in [0.29, 0.717) is 11.1 Å². The van der Waals surface area contributed by atoms with E-state index in [0.717, 1.165) is 12.1 Å². The van der Waals surface area contributed by atoms with Crippen LogP contribution in [-0.2, 0) is 6.18 Å². The Bertz CT molecular complexity index is 828. The first-order valence-electron chi connectivity index (χ1n) is 6.15. The van der Waals surface area contributed by atoms with Gasteiger partial charge in [0.1, 0.15) is 5.56 Å². The van der Waals surface area contributed by atoms with Gasteiger partial charge in [-0.3, -0.25) is 4.79 Å². The fourth-order valence-electron chi connectivity index (χ4n) is 2.29. The van der Waals surface area contributed by atoms with Crippen LogP contribution in [0, 0.1) is 5.21 Å². The molecule has 7 heteroatoms. The topological polar surface area (TPSA) is 43.1 Å². The van der Waals surface area contributed by atoms with E-state index in [1.165, 1.54) is 12.1 Å². The largest absolute Gasteiger partial charge is 0.618 e. The maximum Gasteiger partial charge on any atom is 0.416 e. The quantitative estimate of drug-likeness (QED) is 0.583. The van der Waals surface area contributed by atoms with Crippen LogP contribution in [0.5, 0.6) is 0 Å². The van der Waals surface area contributed by atoms with Gasteiger partial charge in [0.25, 0.3) is 11.5 Å². The van der Waals surface area contributed by atoms with Gasteiger partial charge in [-0.25, -0.2) is 0 Å². The van der Waals surface area contributed by atoms with Gasteiger partial charge in [-0.05, 0) is 30.3 Å². The Morgan fingerprint density at radius 3 is 2.45 bits per heavy atom. The van der Waals surface area contributed by atoms with E-state index in [9.17, 15) is 23.2 Å². The number of alkyl halides is 3. The fraction of sp³-hybridized carbons (Fsp3) is 0.0667. The molecule has 112 valence electrons. The minimum absolute atomic E-state index is 0.0574. The lowest BCUT2D eigenvalue weighted by atomic mass is 10.0. The van der Waals surface area contributed by atoms with Crippen LogP contribution in [-0.4, -0.2) is 16.2 Å². The van der Waals surface area contributed by atoms with Crippen LogP contribution in [0.15, 0.2) is 42.5 Å². The number of halogens is 4. The zero-order chi connectivity index (χ0) is 16.1. The molecule has 0 saturated heterocycles. The molecule has 0 saturated carbocycles. The van der Waals surface area contributed by atoms with Crippen molar-refractivity contribution in [1.82, 2.24) is 0 Å². The Morgan fingerprint density at radius 1 is 1.09 bits per heavy atom. The monoisotopic (exact) mass is 325 g/mol. The average Bonchev–Trinajstić information content (AvgIpc) is 2.69. The van der Waals surface area contributed by atoms with Crippen LogP contribution in [0.3, 0.4) is 0 Å². The second-order valence-electron chi connectivity index (χ2n) is 4.71. The fourth-order valence-corrected chi connectivity index (χ4v) is 2.48. The van der Waals surface area contributed by atoms with Crippen LogP contribution >= 0.6 is 11.6 Å². The normalized spacial score (nSPS) is 14.5. The first kappa shape index (κ1) is 14.6. The number of carbonyl (C=O) groups excluding carboxylic acids is 1. The molecule has 0 aliphatic carbocycles. The molecule has 0 atom stereocenters. The van der Waals surface area contributed by atoms with E-state index in [1.54, 1.807) is 12.1 Å². The highest BCUT2D eigenvalue weighted by molar-refractivity contribution is 6.52. The van der Waals surface area contributed by atoms with Crippen molar-refractivity contribution in [2.75, 3.05) is 0 Å². The first-order chi connectivity index (χ1) is 10.3. The van der Waals surface area contributed by atoms with Crippen molar-refractivity contribution in [3.8, 4) is 0 Å². The number of nitrogens with zero attached hydrogens (tertiary/aromatic N) is 1. The number of benzene rings is 2. The van der Waals surface area contributed by atoms with Gasteiger partial charge in [0.15, 0.2) is 0 Å². The summed E-state index contributed by atoms with van der Waals surface area (Å²) in [5.74, 6) is -0.624. The van der Waals surface area contributed by atoms with Crippen LogP contribution in [0.25, 0.3) is 0 Å². The van der Waals surface area contributed by atoms with E-state index in [1.807, 2.05) is 0 Å². The Morgan fingerprint density at radius 2 is 1.82 bits per heavy atom. The summed E-state index contributed by atoms with van der Waals surface area (Å²) in [5.41, 5.74) is -1.32. The molecule has 2 aromatic rings. The Balaban J connectivity index is 2.18. The van der Waals surface area contributed by atoms with E-state index in [-0.39, 0.29) is 27.3 Å². The Labute approximate surface area is 127 Å². The zero-order valence-corrected chi connectivity index (χ0v) is 11.6. The van der Waals surface area contributed by atoms with Crippen molar-refractivity contribution in [2.45, 2.75) is 6.18 Å². The molecule has 1 heterocycles. The minimum Gasteiger partial charge on any atom is -0.618 e. The first-order valence-corrected chi connectivity index (χ1v) is 6.53. The lowest BCUT2D eigenvalue weighted by Crippen LogP contribution is -2.16. The molecule has 0 bridgehead atoms.